The second-order valence-corrected chi connectivity index (χ2v) is 8.17. The first-order chi connectivity index (χ1) is 17.6. The molecule has 0 aliphatic rings. The summed E-state index contributed by atoms with van der Waals surface area (Å²) in [4.78, 5) is 18.4. The summed E-state index contributed by atoms with van der Waals surface area (Å²) in [5, 5.41) is 3.29. The number of benzene rings is 4. The van der Waals surface area contributed by atoms with Crippen LogP contribution in [0.4, 0.5) is 5.69 Å². The van der Waals surface area contributed by atoms with E-state index in [0.717, 1.165) is 22.7 Å². The molecule has 6 heteroatoms. The Bertz CT molecular complexity index is 1530. The summed E-state index contributed by atoms with van der Waals surface area (Å²) in [5.41, 5.74) is 3.99. The predicted molar refractivity (Wildman–Crippen MR) is 143 cm³/mol. The molecular formula is C30H25N3O3. The minimum absolute atomic E-state index is 0.177. The van der Waals surface area contributed by atoms with Gasteiger partial charge in [-0.25, -0.2) is 4.68 Å². The molecule has 4 aromatic carbocycles. The summed E-state index contributed by atoms with van der Waals surface area (Å²) in [6.07, 6.45) is 0. The maximum absolute atomic E-state index is 13.6. The van der Waals surface area contributed by atoms with E-state index in [1.165, 1.54) is 4.68 Å². The van der Waals surface area contributed by atoms with Crippen molar-refractivity contribution in [2.75, 3.05) is 7.11 Å². The Labute approximate surface area is 209 Å². The van der Waals surface area contributed by atoms with Crippen molar-refractivity contribution in [3.63, 3.8) is 0 Å². The zero-order valence-electron chi connectivity index (χ0n) is 20.0. The molecule has 1 aromatic heterocycles. The molecule has 0 spiro atoms. The third-order valence-electron chi connectivity index (χ3n) is 5.76. The summed E-state index contributed by atoms with van der Waals surface area (Å²) in [6, 6.07) is 34.2. The van der Waals surface area contributed by atoms with Gasteiger partial charge in [0.05, 0.1) is 35.5 Å². The van der Waals surface area contributed by atoms with Crippen LogP contribution in [0.3, 0.4) is 0 Å². The molecule has 0 atom stereocenters. The minimum Gasteiger partial charge on any atom is -0.497 e. The van der Waals surface area contributed by atoms with E-state index in [-0.39, 0.29) is 5.56 Å². The average Bonchev–Trinajstić information content (AvgIpc) is 3.28. The molecule has 0 amide bonds. The molecule has 1 heterocycles. The number of aromatic nitrogens is 2. The van der Waals surface area contributed by atoms with Crippen molar-refractivity contribution in [1.29, 1.82) is 0 Å². The molecule has 0 radical (unpaired) electrons. The zero-order chi connectivity index (χ0) is 24.9. The largest absolute Gasteiger partial charge is 0.497 e. The fourth-order valence-electron chi connectivity index (χ4n) is 3.96. The topological polar surface area (TPSA) is 68.6 Å². The lowest BCUT2D eigenvalue weighted by atomic mass is 10.1. The van der Waals surface area contributed by atoms with Gasteiger partial charge in [-0.1, -0.05) is 48.5 Å². The molecule has 6 nitrogen and oxygen atoms in total. The van der Waals surface area contributed by atoms with Crippen LogP contribution in [0.25, 0.3) is 16.9 Å². The average molecular weight is 476 g/mol. The SMILES string of the molecule is COc1ccc(-n2[nH]c(-c3ccccc3)c(C(C)=Nc3ccc(Oc4ccccc4)cc3)c2=O)cc1. The number of hydrogen-bond acceptors (Lipinski definition) is 4. The van der Waals surface area contributed by atoms with Gasteiger partial charge in [-0.05, 0) is 67.6 Å². The Balaban J connectivity index is 1.52. The van der Waals surface area contributed by atoms with E-state index in [4.69, 9.17) is 14.5 Å². The van der Waals surface area contributed by atoms with E-state index < -0.39 is 0 Å². The molecular weight excluding hydrogens is 450 g/mol. The number of para-hydroxylation sites is 1. The first-order valence-electron chi connectivity index (χ1n) is 11.6. The van der Waals surface area contributed by atoms with Crippen LogP contribution >= 0.6 is 0 Å². The maximum Gasteiger partial charge on any atom is 0.280 e. The van der Waals surface area contributed by atoms with E-state index in [2.05, 4.69) is 5.10 Å². The Hall–Kier alpha value is -4.84. The smallest absolute Gasteiger partial charge is 0.280 e. The number of nitrogens with one attached hydrogen (secondary N) is 1. The molecule has 0 aliphatic heterocycles. The monoisotopic (exact) mass is 475 g/mol. The highest BCUT2D eigenvalue weighted by molar-refractivity contribution is 6.04. The standard InChI is InChI=1S/C30H25N3O3/c1-21(31-23-13-17-27(18-14-23)36-26-11-7-4-8-12-26)28-29(22-9-5-3-6-10-22)32-33(30(28)34)24-15-19-25(35-2)20-16-24/h3-20,32H,1-2H3. The third kappa shape index (κ3) is 4.83. The second kappa shape index (κ2) is 10.2. The summed E-state index contributed by atoms with van der Waals surface area (Å²) in [5.74, 6) is 2.20. The van der Waals surface area contributed by atoms with E-state index in [1.54, 1.807) is 7.11 Å². The number of methoxy groups -OCH3 is 1. The number of rotatable bonds is 7. The first-order valence-corrected chi connectivity index (χ1v) is 11.6. The van der Waals surface area contributed by atoms with Gasteiger partial charge in [-0.15, -0.1) is 0 Å². The number of H-pyrrole nitrogens is 1. The van der Waals surface area contributed by atoms with Gasteiger partial charge in [-0.2, -0.15) is 0 Å². The van der Waals surface area contributed by atoms with E-state index >= 15 is 0 Å². The van der Waals surface area contributed by atoms with Crippen molar-refractivity contribution < 1.29 is 9.47 Å². The first kappa shape index (κ1) is 22.9. The Kier molecular flexibility index (Phi) is 6.49. The van der Waals surface area contributed by atoms with E-state index in [1.807, 2.05) is 116 Å². The lowest BCUT2D eigenvalue weighted by molar-refractivity contribution is 0.414. The van der Waals surface area contributed by atoms with Gasteiger partial charge < -0.3 is 9.47 Å². The zero-order valence-corrected chi connectivity index (χ0v) is 20.0. The molecule has 36 heavy (non-hydrogen) atoms. The molecule has 1 N–H and O–H groups in total. The molecule has 0 saturated heterocycles. The van der Waals surface area contributed by atoms with Gasteiger partial charge in [0, 0.05) is 5.56 Å². The molecule has 0 fully saturated rings. The lowest BCUT2D eigenvalue weighted by Gasteiger charge is -2.06. The number of hydrogen-bond donors (Lipinski definition) is 1. The van der Waals surface area contributed by atoms with Gasteiger partial charge in [0.1, 0.15) is 17.2 Å². The molecule has 0 bridgehead atoms. The minimum atomic E-state index is -0.177. The predicted octanol–water partition coefficient (Wildman–Crippen LogP) is 6.77. The second-order valence-electron chi connectivity index (χ2n) is 8.17. The van der Waals surface area contributed by atoms with Crippen molar-refractivity contribution in [2.45, 2.75) is 6.92 Å². The van der Waals surface area contributed by atoms with Gasteiger partial charge in [0.2, 0.25) is 0 Å². The van der Waals surface area contributed by atoms with Crippen LogP contribution in [0.1, 0.15) is 12.5 Å². The number of aromatic amines is 1. The maximum atomic E-state index is 13.6. The van der Waals surface area contributed by atoms with E-state index in [0.29, 0.717) is 28.4 Å². The Morgan fingerprint density at radius 1 is 0.750 bits per heavy atom. The molecule has 0 saturated carbocycles. The fourth-order valence-corrected chi connectivity index (χ4v) is 3.96. The van der Waals surface area contributed by atoms with Crippen molar-refractivity contribution in [1.82, 2.24) is 9.78 Å². The highest BCUT2D eigenvalue weighted by atomic mass is 16.5. The normalized spacial score (nSPS) is 11.3. The summed E-state index contributed by atoms with van der Waals surface area (Å²) in [6.45, 7) is 1.85. The van der Waals surface area contributed by atoms with Crippen LogP contribution < -0.4 is 15.0 Å². The van der Waals surface area contributed by atoms with Gasteiger partial charge in [-0.3, -0.25) is 14.9 Å². The molecule has 0 aliphatic carbocycles. The van der Waals surface area contributed by atoms with Crippen LogP contribution in [-0.2, 0) is 0 Å². The molecule has 5 aromatic rings. The molecule has 0 unspecified atom stereocenters. The summed E-state index contributed by atoms with van der Waals surface area (Å²) < 4.78 is 12.7. The van der Waals surface area contributed by atoms with Crippen LogP contribution in [0.2, 0.25) is 0 Å². The quantitative estimate of drug-likeness (QED) is 0.264. The summed E-state index contributed by atoms with van der Waals surface area (Å²) in [7, 11) is 1.61. The fraction of sp³-hybridized carbons (Fsp3) is 0.0667. The highest BCUT2D eigenvalue weighted by Gasteiger charge is 2.19. The number of aliphatic imine (C=N–C) groups is 1. The van der Waals surface area contributed by atoms with Gasteiger partial charge in [0.25, 0.3) is 5.56 Å². The molecule has 5 rings (SSSR count). The van der Waals surface area contributed by atoms with Crippen LogP contribution in [0, 0.1) is 0 Å². The highest BCUT2D eigenvalue weighted by Crippen LogP contribution is 2.26. The van der Waals surface area contributed by atoms with Crippen LogP contribution in [0.5, 0.6) is 17.2 Å². The molecule has 178 valence electrons. The van der Waals surface area contributed by atoms with Crippen molar-refractivity contribution in [3.05, 3.63) is 125 Å². The Morgan fingerprint density at radius 3 is 1.97 bits per heavy atom. The van der Waals surface area contributed by atoms with Gasteiger partial charge in [0.15, 0.2) is 0 Å². The van der Waals surface area contributed by atoms with Gasteiger partial charge >= 0.3 is 0 Å². The van der Waals surface area contributed by atoms with Crippen LogP contribution in [0.15, 0.2) is 119 Å². The third-order valence-corrected chi connectivity index (χ3v) is 5.76. The number of nitrogens with zero attached hydrogens (tertiary/aromatic N) is 2. The van der Waals surface area contributed by atoms with Crippen LogP contribution in [-0.4, -0.2) is 22.6 Å². The van der Waals surface area contributed by atoms with Crippen molar-refractivity contribution >= 4 is 11.4 Å². The Morgan fingerprint density at radius 2 is 1.33 bits per heavy atom. The number of ether oxygens (including phenoxy) is 2. The van der Waals surface area contributed by atoms with Crippen molar-refractivity contribution in [3.8, 4) is 34.2 Å². The summed E-state index contributed by atoms with van der Waals surface area (Å²) >= 11 is 0. The lowest BCUT2D eigenvalue weighted by Crippen LogP contribution is -2.19. The van der Waals surface area contributed by atoms with E-state index in [9.17, 15) is 4.79 Å². The van der Waals surface area contributed by atoms with Crippen molar-refractivity contribution in [2.24, 2.45) is 4.99 Å².